The summed E-state index contributed by atoms with van der Waals surface area (Å²) < 4.78 is 34.6. The molecule has 1 rings (SSSR count). The van der Waals surface area contributed by atoms with Crippen molar-refractivity contribution in [1.29, 1.82) is 0 Å². The van der Waals surface area contributed by atoms with Crippen LogP contribution in [0.3, 0.4) is 0 Å². The average Bonchev–Trinajstić information content (AvgIpc) is 1.98. The molecule has 72 valence electrons. The standard InChI is InChI=1S/C6H2BrCl2FO2S/c7-5-3(8)1-2-4(6(5)10)13(9,11)12/h1-2H. The molecule has 0 atom stereocenters. The Morgan fingerprint density at radius 2 is 1.92 bits per heavy atom. The van der Waals surface area contributed by atoms with Crippen molar-refractivity contribution in [3.63, 3.8) is 0 Å². The summed E-state index contributed by atoms with van der Waals surface area (Å²) >= 11 is 8.30. The summed E-state index contributed by atoms with van der Waals surface area (Å²) in [6, 6.07) is 2.24. The molecule has 1 aromatic carbocycles. The molecule has 0 aliphatic carbocycles. The Morgan fingerprint density at radius 3 is 2.38 bits per heavy atom. The minimum absolute atomic E-state index is 0.0848. The van der Waals surface area contributed by atoms with E-state index in [1.54, 1.807) is 0 Å². The first-order chi connectivity index (χ1) is 5.84. The molecule has 0 aromatic heterocycles. The first-order valence-electron chi connectivity index (χ1n) is 2.92. The van der Waals surface area contributed by atoms with Crippen LogP contribution in [-0.4, -0.2) is 8.42 Å². The van der Waals surface area contributed by atoms with Crippen molar-refractivity contribution >= 4 is 47.3 Å². The van der Waals surface area contributed by atoms with Gasteiger partial charge in [-0.15, -0.1) is 0 Å². The molecule has 7 heteroatoms. The zero-order valence-electron chi connectivity index (χ0n) is 5.89. The molecule has 0 unspecified atom stereocenters. The predicted molar refractivity (Wildman–Crippen MR) is 52.1 cm³/mol. The van der Waals surface area contributed by atoms with Gasteiger partial charge in [0, 0.05) is 10.7 Å². The van der Waals surface area contributed by atoms with E-state index in [-0.39, 0.29) is 9.50 Å². The van der Waals surface area contributed by atoms with E-state index in [0.717, 1.165) is 6.07 Å². The van der Waals surface area contributed by atoms with Crippen LogP contribution in [0.15, 0.2) is 21.5 Å². The van der Waals surface area contributed by atoms with E-state index >= 15 is 0 Å². The molecule has 0 radical (unpaired) electrons. The molecule has 0 N–H and O–H groups in total. The highest BCUT2D eigenvalue weighted by atomic mass is 79.9. The van der Waals surface area contributed by atoms with Crippen molar-refractivity contribution in [2.45, 2.75) is 4.90 Å². The highest BCUT2D eigenvalue weighted by Crippen LogP contribution is 2.31. The molecule has 0 saturated heterocycles. The van der Waals surface area contributed by atoms with Crippen LogP contribution in [0.4, 0.5) is 4.39 Å². The Labute approximate surface area is 92.2 Å². The van der Waals surface area contributed by atoms with Gasteiger partial charge in [-0.3, -0.25) is 0 Å². The van der Waals surface area contributed by atoms with Crippen molar-refractivity contribution in [2.24, 2.45) is 0 Å². The van der Waals surface area contributed by atoms with E-state index < -0.39 is 19.8 Å². The van der Waals surface area contributed by atoms with Crippen molar-refractivity contribution in [3.05, 3.63) is 27.4 Å². The fraction of sp³-hybridized carbons (Fsp3) is 0. The molecule has 0 saturated carbocycles. The van der Waals surface area contributed by atoms with Crippen LogP contribution >= 0.6 is 38.2 Å². The maximum atomic E-state index is 13.2. The summed E-state index contributed by atoms with van der Waals surface area (Å²) in [6.07, 6.45) is 0. The van der Waals surface area contributed by atoms with Crippen molar-refractivity contribution in [3.8, 4) is 0 Å². The van der Waals surface area contributed by atoms with Gasteiger partial charge >= 0.3 is 0 Å². The highest BCUT2D eigenvalue weighted by Gasteiger charge is 2.19. The van der Waals surface area contributed by atoms with E-state index in [0.29, 0.717) is 0 Å². The molecule has 0 aliphatic heterocycles. The van der Waals surface area contributed by atoms with Crippen molar-refractivity contribution < 1.29 is 12.8 Å². The second kappa shape index (κ2) is 3.73. The SMILES string of the molecule is O=S(=O)(Cl)c1ccc(Cl)c(Br)c1F. The number of hydrogen-bond acceptors (Lipinski definition) is 2. The zero-order chi connectivity index (χ0) is 10.2. The Balaban J connectivity index is 3.53. The van der Waals surface area contributed by atoms with Gasteiger partial charge in [-0.05, 0) is 28.1 Å². The Kier molecular flexibility index (Phi) is 3.22. The molecule has 0 spiro atoms. The van der Waals surface area contributed by atoms with Crippen LogP contribution in [0.5, 0.6) is 0 Å². The fourth-order valence-corrected chi connectivity index (χ4v) is 2.22. The number of hydrogen-bond donors (Lipinski definition) is 0. The van der Waals surface area contributed by atoms with E-state index in [1.807, 2.05) is 0 Å². The quantitative estimate of drug-likeness (QED) is 0.590. The second-order valence-corrected chi connectivity index (χ2v) is 5.85. The van der Waals surface area contributed by atoms with Crippen molar-refractivity contribution in [1.82, 2.24) is 0 Å². The van der Waals surface area contributed by atoms with Gasteiger partial charge in [0.1, 0.15) is 4.90 Å². The molecule has 0 fully saturated rings. The van der Waals surface area contributed by atoms with E-state index in [2.05, 4.69) is 15.9 Å². The lowest BCUT2D eigenvalue weighted by atomic mass is 10.3. The van der Waals surface area contributed by atoms with Crippen LogP contribution in [0.1, 0.15) is 0 Å². The Morgan fingerprint density at radius 1 is 1.38 bits per heavy atom. The lowest BCUT2D eigenvalue weighted by Crippen LogP contribution is -1.96. The monoisotopic (exact) mass is 306 g/mol. The van der Waals surface area contributed by atoms with Gasteiger partial charge in [0.25, 0.3) is 9.05 Å². The summed E-state index contributed by atoms with van der Waals surface area (Å²) in [5.41, 5.74) is 0. The summed E-state index contributed by atoms with van der Waals surface area (Å²) in [7, 11) is 0.892. The normalized spacial score (nSPS) is 11.7. The third kappa shape index (κ3) is 2.34. The molecule has 1 aromatic rings. The van der Waals surface area contributed by atoms with Crippen LogP contribution < -0.4 is 0 Å². The predicted octanol–water partition coefficient (Wildman–Crippen LogP) is 3.17. The minimum atomic E-state index is -4.06. The fourth-order valence-electron chi connectivity index (χ4n) is 0.696. The highest BCUT2D eigenvalue weighted by molar-refractivity contribution is 9.10. The molecule has 2 nitrogen and oxygen atoms in total. The van der Waals surface area contributed by atoms with Gasteiger partial charge in [-0.1, -0.05) is 11.6 Å². The van der Waals surface area contributed by atoms with E-state index in [1.165, 1.54) is 6.07 Å². The van der Waals surface area contributed by atoms with E-state index in [9.17, 15) is 12.8 Å². The number of halogens is 4. The minimum Gasteiger partial charge on any atom is -0.207 e. The number of rotatable bonds is 1. The Bertz CT molecular complexity index is 446. The molecular weight excluding hydrogens is 306 g/mol. The summed E-state index contributed by atoms with van der Waals surface area (Å²) in [4.78, 5) is -0.592. The zero-order valence-corrected chi connectivity index (χ0v) is 9.81. The molecule has 0 amide bonds. The topological polar surface area (TPSA) is 34.1 Å². The van der Waals surface area contributed by atoms with Gasteiger partial charge in [0.15, 0.2) is 5.82 Å². The summed E-state index contributed by atoms with van der Waals surface area (Å²) in [5.74, 6) is -0.984. The first-order valence-corrected chi connectivity index (χ1v) is 6.40. The maximum Gasteiger partial charge on any atom is 0.264 e. The van der Waals surface area contributed by atoms with Crippen LogP contribution in [0.2, 0.25) is 5.02 Å². The molecule has 0 bridgehead atoms. The van der Waals surface area contributed by atoms with Gasteiger partial charge in [-0.25, -0.2) is 12.8 Å². The number of benzene rings is 1. The van der Waals surface area contributed by atoms with Gasteiger partial charge in [-0.2, -0.15) is 0 Å². The molecule has 0 heterocycles. The van der Waals surface area contributed by atoms with Gasteiger partial charge in [0.2, 0.25) is 0 Å². The van der Waals surface area contributed by atoms with Crippen molar-refractivity contribution in [2.75, 3.05) is 0 Å². The summed E-state index contributed by atoms with van der Waals surface area (Å²) in [5, 5.41) is 0.0848. The second-order valence-electron chi connectivity index (χ2n) is 2.11. The van der Waals surface area contributed by atoms with Crippen LogP contribution in [0.25, 0.3) is 0 Å². The lowest BCUT2D eigenvalue weighted by Gasteiger charge is -2.01. The lowest BCUT2D eigenvalue weighted by molar-refractivity contribution is 0.571. The Hall–Kier alpha value is 0.160. The maximum absolute atomic E-state index is 13.2. The molecular formula is C6H2BrCl2FO2S. The average molecular weight is 308 g/mol. The molecule has 13 heavy (non-hydrogen) atoms. The van der Waals surface area contributed by atoms with Gasteiger partial charge < -0.3 is 0 Å². The molecule has 0 aliphatic rings. The third-order valence-corrected chi connectivity index (χ3v) is 3.92. The summed E-state index contributed by atoms with van der Waals surface area (Å²) in [6.45, 7) is 0. The van der Waals surface area contributed by atoms with Crippen LogP contribution in [0, 0.1) is 5.82 Å². The smallest absolute Gasteiger partial charge is 0.207 e. The largest absolute Gasteiger partial charge is 0.264 e. The third-order valence-electron chi connectivity index (χ3n) is 1.26. The van der Waals surface area contributed by atoms with E-state index in [4.69, 9.17) is 22.3 Å². The van der Waals surface area contributed by atoms with Crippen LogP contribution in [-0.2, 0) is 9.05 Å². The van der Waals surface area contributed by atoms with Gasteiger partial charge in [0.05, 0.1) is 9.50 Å². The first kappa shape index (κ1) is 11.2.